The molecular weight excluding hydrogens is 1090 g/mol. The van der Waals surface area contributed by atoms with Gasteiger partial charge in [-0.25, -0.2) is 0 Å². The molecular formula is C91H176. The predicted molar refractivity (Wildman–Crippen MR) is 419 cm³/mol. The second-order valence-electron chi connectivity index (χ2n) is 31.2. The van der Waals surface area contributed by atoms with E-state index in [1.807, 2.05) is 0 Å². The van der Waals surface area contributed by atoms with Gasteiger partial charge in [0.05, 0.1) is 0 Å². The molecule has 0 aliphatic heterocycles. The van der Waals surface area contributed by atoms with E-state index in [1.165, 1.54) is 545 Å². The Hall–Kier alpha value is -0.780. The summed E-state index contributed by atoms with van der Waals surface area (Å²) in [5, 5.41) is 0. The quantitative estimate of drug-likeness (QED) is 0.0570. The lowest BCUT2D eigenvalue weighted by atomic mass is 10.0. The Morgan fingerprint density at radius 2 is 0.220 bits per heavy atom. The van der Waals surface area contributed by atoms with Crippen molar-refractivity contribution in [1.82, 2.24) is 0 Å². The van der Waals surface area contributed by atoms with Gasteiger partial charge in [-0.3, -0.25) is 0 Å². The maximum atomic E-state index is 2.32. The molecule has 0 heteroatoms. The summed E-state index contributed by atoms with van der Waals surface area (Å²) >= 11 is 0. The van der Waals surface area contributed by atoms with Crippen LogP contribution >= 0.6 is 0 Å². The molecule has 0 aliphatic rings. The molecule has 0 saturated heterocycles. The van der Waals surface area contributed by atoms with Crippen LogP contribution < -0.4 is 0 Å². The van der Waals surface area contributed by atoms with Crippen molar-refractivity contribution >= 4 is 0 Å². The number of aryl methyl sites for hydroxylation is 1. The third-order valence-corrected chi connectivity index (χ3v) is 21.9. The smallest absolute Gasteiger partial charge is 0.0279 e. The van der Waals surface area contributed by atoms with E-state index in [-0.39, 0.29) is 0 Å². The number of rotatable bonds is 84. The molecule has 540 valence electrons. The molecule has 0 aromatic heterocycles. The van der Waals surface area contributed by atoms with Crippen LogP contribution in [0, 0.1) is 0 Å². The molecule has 0 spiro atoms. The molecule has 0 unspecified atom stereocenters. The highest BCUT2D eigenvalue weighted by Gasteiger charge is 2.03. The van der Waals surface area contributed by atoms with E-state index < -0.39 is 0 Å². The van der Waals surface area contributed by atoms with Gasteiger partial charge in [-0.05, 0) is 18.4 Å². The van der Waals surface area contributed by atoms with Crippen LogP contribution in [0.4, 0.5) is 0 Å². The normalized spacial score (nSPS) is 11.7. The highest BCUT2D eigenvalue weighted by Crippen LogP contribution is 2.22. The lowest BCUT2D eigenvalue weighted by Crippen LogP contribution is -1.86. The Labute approximate surface area is 578 Å². The molecule has 0 heterocycles. The monoisotopic (exact) mass is 1270 g/mol. The van der Waals surface area contributed by atoms with Crippen molar-refractivity contribution in [3.05, 3.63) is 35.9 Å². The molecule has 1 rings (SSSR count). The van der Waals surface area contributed by atoms with E-state index in [0.717, 1.165) is 0 Å². The van der Waals surface area contributed by atoms with E-state index in [1.54, 1.807) is 0 Å². The molecule has 0 nitrogen and oxygen atoms in total. The van der Waals surface area contributed by atoms with Gasteiger partial charge in [0.15, 0.2) is 0 Å². The lowest BCUT2D eigenvalue weighted by Gasteiger charge is -2.05. The minimum Gasteiger partial charge on any atom is -0.0654 e. The Balaban J connectivity index is 1.58. The average Bonchev–Trinajstić information content (AvgIpc) is 3.66. The van der Waals surface area contributed by atoms with Crippen molar-refractivity contribution < 1.29 is 0 Å². The largest absolute Gasteiger partial charge is 0.0654 e. The third-order valence-electron chi connectivity index (χ3n) is 21.9. The standard InChI is InChI=1S/C91H176/c1-2-3-4-5-6-7-8-9-10-11-12-13-14-15-16-17-18-19-20-21-22-23-24-25-26-27-28-29-30-31-32-33-34-35-36-37-38-39-40-41-42-43-44-45-46-47-48-49-50-51-52-53-54-55-56-57-58-59-60-61-62-63-64-65-66-67-68-69-70-71-72-73-74-75-76-77-78-79-80-81-82-83-85-88-91-89-86-84-87-90-91/h84,86-87,89-90H,2-83,85,88H2,1H3. The summed E-state index contributed by atoms with van der Waals surface area (Å²) in [5.41, 5.74) is 1.51. The van der Waals surface area contributed by atoms with Crippen LogP contribution in [0.2, 0.25) is 0 Å². The zero-order chi connectivity index (χ0) is 64.5. The van der Waals surface area contributed by atoms with Gasteiger partial charge in [-0.2, -0.15) is 0 Å². The SMILES string of the molecule is CCCCCCCCCCCCCCCCCCCCCCCCCCCCCCCCCCCCCCCCCCCCCCCCCCCCCCCCCCCCCCCCCCCCCCCCCCCCCCCCCCCCCc1ccccc1. The van der Waals surface area contributed by atoms with E-state index in [9.17, 15) is 0 Å². The zero-order valence-electron chi connectivity index (χ0n) is 63.8. The topological polar surface area (TPSA) is 0 Å². The highest BCUT2D eigenvalue weighted by atomic mass is 14.1. The number of benzene rings is 1. The molecule has 1 aromatic carbocycles. The summed E-state index contributed by atoms with van der Waals surface area (Å²) < 4.78 is 0. The van der Waals surface area contributed by atoms with E-state index in [2.05, 4.69) is 37.3 Å². The van der Waals surface area contributed by atoms with Crippen LogP contribution in [0.3, 0.4) is 0 Å². The van der Waals surface area contributed by atoms with Gasteiger partial charge >= 0.3 is 0 Å². The van der Waals surface area contributed by atoms with Gasteiger partial charge in [-0.15, -0.1) is 0 Å². The maximum Gasteiger partial charge on any atom is -0.0279 e. The van der Waals surface area contributed by atoms with Gasteiger partial charge in [0.1, 0.15) is 0 Å². The molecule has 0 radical (unpaired) electrons. The first-order valence-electron chi connectivity index (χ1n) is 44.5. The molecule has 0 fully saturated rings. The van der Waals surface area contributed by atoms with E-state index in [4.69, 9.17) is 0 Å². The Kier molecular flexibility index (Phi) is 80.9. The van der Waals surface area contributed by atoms with Gasteiger partial charge in [0.2, 0.25) is 0 Å². The second-order valence-corrected chi connectivity index (χ2v) is 31.2. The van der Waals surface area contributed by atoms with Crippen LogP contribution in [0.15, 0.2) is 30.3 Å². The van der Waals surface area contributed by atoms with Crippen molar-refractivity contribution in [2.45, 2.75) is 546 Å². The highest BCUT2D eigenvalue weighted by molar-refractivity contribution is 5.14. The fourth-order valence-corrected chi connectivity index (χ4v) is 15.4. The second kappa shape index (κ2) is 83.4. The zero-order valence-corrected chi connectivity index (χ0v) is 63.8. The van der Waals surface area contributed by atoms with Crippen molar-refractivity contribution in [3.8, 4) is 0 Å². The summed E-state index contributed by atoms with van der Waals surface area (Å²) in [7, 11) is 0. The van der Waals surface area contributed by atoms with Gasteiger partial charge in [-0.1, -0.05) is 564 Å². The van der Waals surface area contributed by atoms with Crippen molar-refractivity contribution in [2.75, 3.05) is 0 Å². The van der Waals surface area contributed by atoms with Crippen LogP contribution in [0.25, 0.3) is 0 Å². The first-order chi connectivity index (χ1) is 45.4. The Morgan fingerprint density at radius 1 is 0.121 bits per heavy atom. The average molecular weight is 1270 g/mol. The number of hydrogen-bond donors (Lipinski definition) is 0. The summed E-state index contributed by atoms with van der Waals surface area (Å²) in [6.07, 6.45) is 125. The molecule has 0 atom stereocenters. The van der Waals surface area contributed by atoms with Crippen molar-refractivity contribution in [1.29, 1.82) is 0 Å². The first-order valence-corrected chi connectivity index (χ1v) is 44.5. The van der Waals surface area contributed by atoms with Gasteiger partial charge in [0.25, 0.3) is 0 Å². The molecule has 0 amide bonds. The molecule has 0 aliphatic carbocycles. The van der Waals surface area contributed by atoms with Gasteiger partial charge < -0.3 is 0 Å². The molecule has 91 heavy (non-hydrogen) atoms. The van der Waals surface area contributed by atoms with E-state index in [0.29, 0.717) is 0 Å². The van der Waals surface area contributed by atoms with Crippen LogP contribution in [-0.2, 0) is 6.42 Å². The van der Waals surface area contributed by atoms with Crippen molar-refractivity contribution in [3.63, 3.8) is 0 Å². The molecule has 1 aromatic rings. The molecule has 0 N–H and O–H groups in total. The molecule has 0 saturated carbocycles. The first kappa shape index (κ1) is 88.2. The van der Waals surface area contributed by atoms with Crippen molar-refractivity contribution in [2.24, 2.45) is 0 Å². The summed E-state index contributed by atoms with van der Waals surface area (Å²) in [5.74, 6) is 0. The van der Waals surface area contributed by atoms with Crippen LogP contribution in [0.5, 0.6) is 0 Å². The predicted octanol–water partition coefficient (Wildman–Crippen LogP) is 34.6. The van der Waals surface area contributed by atoms with E-state index >= 15 is 0 Å². The fourth-order valence-electron chi connectivity index (χ4n) is 15.4. The van der Waals surface area contributed by atoms with Gasteiger partial charge in [0, 0.05) is 0 Å². The Morgan fingerprint density at radius 3 is 0.330 bits per heavy atom. The summed E-state index contributed by atoms with van der Waals surface area (Å²) in [4.78, 5) is 0. The fraction of sp³-hybridized carbons (Fsp3) is 0.934. The Bertz CT molecular complexity index is 1340. The maximum absolute atomic E-state index is 2.32. The number of unbranched alkanes of at least 4 members (excludes halogenated alkanes) is 82. The summed E-state index contributed by atoms with van der Waals surface area (Å²) in [6, 6.07) is 11.0. The summed E-state index contributed by atoms with van der Waals surface area (Å²) in [6.45, 7) is 2.32. The minimum atomic E-state index is 1.26. The third kappa shape index (κ3) is 79.8. The number of hydrogen-bond acceptors (Lipinski definition) is 0. The minimum absolute atomic E-state index is 1.26. The molecule has 0 bridgehead atoms. The lowest BCUT2D eigenvalue weighted by molar-refractivity contribution is 0.505. The van der Waals surface area contributed by atoms with Crippen LogP contribution in [-0.4, -0.2) is 0 Å². The van der Waals surface area contributed by atoms with Crippen LogP contribution in [0.1, 0.15) is 545 Å².